The number of carbonyl (C=O) groups excluding carboxylic acids is 1. The molecule has 1 atom stereocenters. The molecule has 0 bridgehead atoms. The Balaban J connectivity index is 2.04. The summed E-state index contributed by atoms with van der Waals surface area (Å²) in [5.41, 5.74) is -0.290. The molecular formula is C14H27N3O2. The van der Waals surface area contributed by atoms with Gasteiger partial charge in [-0.05, 0) is 46.4 Å². The first-order valence-corrected chi connectivity index (χ1v) is 7.24. The van der Waals surface area contributed by atoms with Crippen LogP contribution in [-0.4, -0.2) is 75.7 Å². The summed E-state index contributed by atoms with van der Waals surface area (Å²) in [5, 5.41) is 3.34. The van der Waals surface area contributed by atoms with E-state index in [1.807, 2.05) is 0 Å². The fraction of sp³-hybridized carbons (Fsp3) is 0.929. The number of methoxy groups -OCH3 is 1. The van der Waals surface area contributed by atoms with Gasteiger partial charge in [0.15, 0.2) is 0 Å². The lowest BCUT2D eigenvalue weighted by molar-refractivity contribution is -0.146. The number of rotatable bonds is 4. The van der Waals surface area contributed by atoms with Gasteiger partial charge in [0, 0.05) is 26.2 Å². The number of nitrogens with one attached hydrogen (secondary N) is 1. The summed E-state index contributed by atoms with van der Waals surface area (Å²) in [6, 6.07) is 0.505. The average Bonchev–Trinajstić information content (AvgIpc) is 2.89. The Labute approximate surface area is 116 Å². The number of piperidine rings is 1. The monoisotopic (exact) mass is 269 g/mol. The fourth-order valence-corrected chi connectivity index (χ4v) is 3.28. The highest BCUT2D eigenvalue weighted by atomic mass is 16.5. The molecule has 5 nitrogen and oxygen atoms in total. The lowest BCUT2D eigenvalue weighted by Gasteiger charge is -2.38. The first-order chi connectivity index (χ1) is 9.09. The lowest BCUT2D eigenvalue weighted by atomic mass is 9.78. The van der Waals surface area contributed by atoms with Crippen LogP contribution in [0.1, 0.15) is 19.3 Å². The number of hydrogen-bond acceptors (Lipinski definition) is 4. The molecule has 1 amide bonds. The Hall–Kier alpha value is -0.650. The zero-order valence-corrected chi connectivity index (χ0v) is 12.4. The maximum Gasteiger partial charge on any atom is 0.231 e. The van der Waals surface area contributed by atoms with Crippen LogP contribution < -0.4 is 5.32 Å². The molecule has 2 heterocycles. The predicted molar refractivity (Wildman–Crippen MR) is 75.1 cm³/mol. The number of ether oxygens (including phenoxy) is 1. The summed E-state index contributed by atoms with van der Waals surface area (Å²) in [6.07, 6.45) is 2.87. The molecule has 0 saturated carbocycles. The zero-order chi connectivity index (χ0) is 13.9. The van der Waals surface area contributed by atoms with Gasteiger partial charge in [0.05, 0.1) is 12.0 Å². The Morgan fingerprint density at radius 2 is 2.11 bits per heavy atom. The van der Waals surface area contributed by atoms with Gasteiger partial charge in [0.2, 0.25) is 5.91 Å². The normalized spacial score (nSPS) is 26.9. The minimum atomic E-state index is -0.290. The van der Waals surface area contributed by atoms with E-state index in [9.17, 15) is 4.79 Å². The van der Waals surface area contributed by atoms with E-state index in [2.05, 4.69) is 29.2 Å². The van der Waals surface area contributed by atoms with Crippen molar-refractivity contribution in [2.45, 2.75) is 25.3 Å². The quantitative estimate of drug-likeness (QED) is 0.790. The van der Waals surface area contributed by atoms with Gasteiger partial charge in [-0.1, -0.05) is 0 Å². The van der Waals surface area contributed by atoms with Crippen molar-refractivity contribution >= 4 is 5.91 Å². The van der Waals surface area contributed by atoms with Crippen LogP contribution in [0.4, 0.5) is 0 Å². The van der Waals surface area contributed by atoms with Crippen molar-refractivity contribution < 1.29 is 9.53 Å². The van der Waals surface area contributed by atoms with E-state index in [-0.39, 0.29) is 5.41 Å². The van der Waals surface area contributed by atoms with Gasteiger partial charge >= 0.3 is 0 Å². The maximum atomic E-state index is 12.9. The molecule has 110 valence electrons. The molecule has 0 aromatic rings. The number of carbonyl (C=O) groups is 1. The minimum absolute atomic E-state index is 0.290. The van der Waals surface area contributed by atoms with E-state index in [0.717, 1.165) is 45.4 Å². The predicted octanol–water partition coefficient (Wildman–Crippen LogP) is 0.165. The van der Waals surface area contributed by atoms with Crippen LogP contribution in [-0.2, 0) is 9.53 Å². The van der Waals surface area contributed by atoms with E-state index in [4.69, 9.17) is 4.74 Å². The molecule has 2 fully saturated rings. The first kappa shape index (κ1) is 14.8. The molecule has 1 unspecified atom stereocenters. The molecule has 19 heavy (non-hydrogen) atoms. The van der Waals surface area contributed by atoms with E-state index < -0.39 is 0 Å². The minimum Gasteiger partial charge on any atom is -0.384 e. The molecule has 0 aromatic carbocycles. The highest BCUT2D eigenvalue weighted by molar-refractivity contribution is 5.83. The lowest BCUT2D eigenvalue weighted by Crippen LogP contribution is -2.51. The van der Waals surface area contributed by atoms with E-state index >= 15 is 0 Å². The topological polar surface area (TPSA) is 44.8 Å². The van der Waals surface area contributed by atoms with Crippen molar-refractivity contribution in [2.24, 2.45) is 5.41 Å². The molecule has 0 spiro atoms. The molecule has 2 rings (SSSR count). The van der Waals surface area contributed by atoms with Gasteiger partial charge in [0.25, 0.3) is 0 Å². The number of nitrogens with zero attached hydrogens (tertiary/aromatic N) is 2. The van der Waals surface area contributed by atoms with Crippen molar-refractivity contribution in [3.05, 3.63) is 0 Å². The number of likely N-dealkylation sites (N-methyl/N-ethyl adjacent to an activating group) is 1. The molecule has 2 saturated heterocycles. The Morgan fingerprint density at radius 3 is 2.63 bits per heavy atom. The molecule has 5 heteroatoms. The summed E-state index contributed by atoms with van der Waals surface area (Å²) in [7, 11) is 5.88. The van der Waals surface area contributed by atoms with E-state index in [0.29, 0.717) is 18.6 Å². The van der Waals surface area contributed by atoms with Crippen LogP contribution in [0, 0.1) is 5.41 Å². The van der Waals surface area contributed by atoms with Crippen LogP contribution in [0.3, 0.4) is 0 Å². The van der Waals surface area contributed by atoms with Gasteiger partial charge in [-0.25, -0.2) is 0 Å². The van der Waals surface area contributed by atoms with Gasteiger partial charge < -0.3 is 19.9 Å². The van der Waals surface area contributed by atoms with Crippen LogP contribution in [0.25, 0.3) is 0 Å². The Bertz CT molecular complexity index is 308. The molecule has 0 aliphatic carbocycles. The Morgan fingerprint density at radius 1 is 1.42 bits per heavy atom. The SMILES string of the molecule is COCC1(C(=O)N2CCC(N(C)C)C2)CCNCC1. The largest absolute Gasteiger partial charge is 0.384 e. The molecule has 1 N–H and O–H groups in total. The van der Waals surface area contributed by atoms with E-state index in [1.54, 1.807) is 7.11 Å². The molecule has 0 aromatic heterocycles. The number of likely N-dealkylation sites (tertiary alicyclic amines) is 1. The summed E-state index contributed by atoms with van der Waals surface area (Å²) in [6.45, 7) is 4.14. The molecule has 0 radical (unpaired) electrons. The van der Waals surface area contributed by atoms with Crippen molar-refractivity contribution in [1.82, 2.24) is 15.1 Å². The van der Waals surface area contributed by atoms with Crippen LogP contribution >= 0.6 is 0 Å². The summed E-state index contributed by atoms with van der Waals surface area (Å²) >= 11 is 0. The standard InChI is InChI=1S/C14H27N3O2/c1-16(2)12-4-9-17(10-12)13(18)14(11-19-3)5-7-15-8-6-14/h12,15H,4-11H2,1-3H3. The summed E-state index contributed by atoms with van der Waals surface area (Å²) < 4.78 is 5.35. The second-order valence-corrected chi connectivity index (χ2v) is 6.12. The smallest absolute Gasteiger partial charge is 0.231 e. The van der Waals surface area contributed by atoms with Crippen LogP contribution in [0.2, 0.25) is 0 Å². The Kier molecular flexibility index (Phi) is 4.81. The third-order valence-corrected chi connectivity index (χ3v) is 4.62. The number of amides is 1. The third kappa shape index (κ3) is 3.09. The molecular weight excluding hydrogens is 242 g/mol. The van der Waals surface area contributed by atoms with Crippen molar-refractivity contribution in [1.29, 1.82) is 0 Å². The maximum absolute atomic E-state index is 12.9. The summed E-state index contributed by atoms with van der Waals surface area (Å²) in [5.74, 6) is 0.306. The van der Waals surface area contributed by atoms with E-state index in [1.165, 1.54) is 0 Å². The highest BCUT2D eigenvalue weighted by Gasteiger charge is 2.44. The average molecular weight is 269 g/mol. The molecule has 2 aliphatic rings. The molecule has 2 aliphatic heterocycles. The third-order valence-electron chi connectivity index (χ3n) is 4.62. The van der Waals surface area contributed by atoms with Crippen molar-refractivity contribution in [3.8, 4) is 0 Å². The second-order valence-electron chi connectivity index (χ2n) is 6.12. The second kappa shape index (κ2) is 6.20. The fourth-order valence-electron chi connectivity index (χ4n) is 3.28. The first-order valence-electron chi connectivity index (χ1n) is 7.24. The van der Waals surface area contributed by atoms with Gasteiger partial charge in [-0.15, -0.1) is 0 Å². The number of hydrogen-bond donors (Lipinski definition) is 1. The van der Waals surface area contributed by atoms with Gasteiger partial charge in [0.1, 0.15) is 0 Å². The highest BCUT2D eigenvalue weighted by Crippen LogP contribution is 2.33. The van der Waals surface area contributed by atoms with Gasteiger partial charge in [-0.3, -0.25) is 4.79 Å². The van der Waals surface area contributed by atoms with Crippen LogP contribution in [0.5, 0.6) is 0 Å². The van der Waals surface area contributed by atoms with Crippen molar-refractivity contribution in [2.75, 3.05) is 54.0 Å². The van der Waals surface area contributed by atoms with Crippen molar-refractivity contribution in [3.63, 3.8) is 0 Å². The van der Waals surface area contributed by atoms with Gasteiger partial charge in [-0.2, -0.15) is 0 Å². The van der Waals surface area contributed by atoms with Crippen LogP contribution in [0.15, 0.2) is 0 Å². The zero-order valence-electron chi connectivity index (χ0n) is 12.4. The summed E-state index contributed by atoms with van der Waals surface area (Å²) in [4.78, 5) is 17.2.